The summed E-state index contributed by atoms with van der Waals surface area (Å²) >= 11 is 0.837. The first-order valence-electron chi connectivity index (χ1n) is 5.19. The average molecular weight is 292 g/mol. The number of ether oxygens (including phenoxy) is 1. The number of nitrogens with zero attached hydrogens (tertiary/aromatic N) is 3. The summed E-state index contributed by atoms with van der Waals surface area (Å²) in [5.41, 5.74) is 0. The van der Waals surface area contributed by atoms with Crippen molar-refractivity contribution in [2.24, 2.45) is 0 Å². The third kappa shape index (κ3) is 2.83. The van der Waals surface area contributed by atoms with Crippen molar-refractivity contribution in [2.45, 2.75) is 11.3 Å². The molecule has 0 radical (unpaired) electrons. The lowest BCUT2D eigenvalue weighted by atomic mass is 10.5. The van der Waals surface area contributed by atoms with Crippen molar-refractivity contribution in [2.75, 3.05) is 31.6 Å². The van der Waals surface area contributed by atoms with Gasteiger partial charge in [0.15, 0.2) is 0 Å². The van der Waals surface area contributed by atoms with Gasteiger partial charge in [-0.2, -0.15) is 4.31 Å². The lowest BCUT2D eigenvalue weighted by molar-refractivity contribution is -0.114. The standard InChI is InChI=1S/C8H12N4O4S2/c1-6(13)9-7-10-11-8(17-7)18(14,15)12-2-4-16-5-3-12/h2-5H2,1H3,(H,9,10,13). The average Bonchev–Trinajstić information content (AvgIpc) is 2.78. The van der Waals surface area contributed by atoms with Gasteiger partial charge in [-0.3, -0.25) is 4.79 Å². The molecule has 1 N–H and O–H groups in total. The number of hydrogen-bond donors (Lipinski definition) is 1. The number of hydrogen-bond acceptors (Lipinski definition) is 7. The first-order chi connectivity index (χ1) is 8.50. The van der Waals surface area contributed by atoms with Crippen molar-refractivity contribution in [3.05, 3.63) is 0 Å². The Balaban J connectivity index is 2.18. The molecule has 1 aromatic heterocycles. The van der Waals surface area contributed by atoms with E-state index in [0.29, 0.717) is 26.3 Å². The summed E-state index contributed by atoms with van der Waals surface area (Å²) in [5, 5.41) is 9.79. The Morgan fingerprint density at radius 3 is 2.67 bits per heavy atom. The molecule has 10 heteroatoms. The van der Waals surface area contributed by atoms with E-state index in [0.717, 1.165) is 11.3 Å². The van der Waals surface area contributed by atoms with Crippen molar-refractivity contribution < 1.29 is 17.9 Å². The number of amides is 1. The molecular formula is C8H12N4O4S2. The fraction of sp³-hybridized carbons (Fsp3) is 0.625. The molecule has 1 aliphatic rings. The minimum absolute atomic E-state index is 0.117. The Morgan fingerprint density at radius 2 is 2.06 bits per heavy atom. The van der Waals surface area contributed by atoms with Crippen LogP contribution in [0.4, 0.5) is 5.13 Å². The van der Waals surface area contributed by atoms with E-state index in [9.17, 15) is 13.2 Å². The summed E-state index contributed by atoms with van der Waals surface area (Å²) in [4.78, 5) is 10.8. The maximum Gasteiger partial charge on any atom is 0.272 e. The number of aromatic nitrogens is 2. The van der Waals surface area contributed by atoms with Gasteiger partial charge in [0.25, 0.3) is 10.0 Å². The summed E-state index contributed by atoms with van der Waals surface area (Å²) in [6, 6.07) is 0. The molecule has 0 aromatic carbocycles. The van der Waals surface area contributed by atoms with E-state index in [1.165, 1.54) is 11.2 Å². The van der Waals surface area contributed by atoms with Crippen molar-refractivity contribution in [3.8, 4) is 0 Å². The molecule has 0 unspecified atom stereocenters. The highest BCUT2D eigenvalue weighted by Crippen LogP contribution is 2.23. The maximum atomic E-state index is 12.2. The highest BCUT2D eigenvalue weighted by molar-refractivity contribution is 7.91. The van der Waals surface area contributed by atoms with Gasteiger partial charge in [-0.1, -0.05) is 11.3 Å². The number of carbonyl (C=O) groups excluding carboxylic acids is 1. The molecule has 0 spiro atoms. The molecule has 0 aliphatic carbocycles. The summed E-state index contributed by atoms with van der Waals surface area (Å²) < 4.78 is 30.6. The van der Waals surface area contributed by atoms with Crippen LogP contribution in [0.1, 0.15) is 6.92 Å². The smallest absolute Gasteiger partial charge is 0.272 e. The predicted octanol–water partition coefficient (Wildman–Crippen LogP) is -0.483. The second-order valence-corrected chi connectivity index (χ2v) is 6.66. The molecule has 0 saturated carbocycles. The van der Waals surface area contributed by atoms with Crippen LogP contribution in [0.5, 0.6) is 0 Å². The number of nitrogens with one attached hydrogen (secondary N) is 1. The lowest BCUT2D eigenvalue weighted by Crippen LogP contribution is -2.40. The van der Waals surface area contributed by atoms with Gasteiger partial charge < -0.3 is 10.1 Å². The summed E-state index contributed by atoms with van der Waals surface area (Å²) in [7, 11) is -3.63. The van der Waals surface area contributed by atoms with Gasteiger partial charge in [-0.05, 0) is 0 Å². The van der Waals surface area contributed by atoms with Crippen LogP contribution < -0.4 is 5.32 Å². The Labute approximate surface area is 108 Å². The van der Waals surface area contributed by atoms with Crippen LogP contribution in [0.15, 0.2) is 4.34 Å². The van der Waals surface area contributed by atoms with Crippen LogP contribution in [-0.4, -0.2) is 55.1 Å². The van der Waals surface area contributed by atoms with E-state index in [-0.39, 0.29) is 15.4 Å². The van der Waals surface area contributed by atoms with Crippen molar-refractivity contribution in [1.29, 1.82) is 0 Å². The SMILES string of the molecule is CC(=O)Nc1nnc(S(=O)(=O)N2CCOCC2)s1. The van der Waals surface area contributed by atoms with E-state index >= 15 is 0 Å². The number of anilines is 1. The van der Waals surface area contributed by atoms with Gasteiger partial charge in [0.1, 0.15) is 0 Å². The third-order valence-corrected chi connectivity index (χ3v) is 5.30. The summed E-state index contributed by atoms with van der Waals surface area (Å²) in [6.07, 6.45) is 0. The molecule has 1 fully saturated rings. The van der Waals surface area contributed by atoms with Crippen LogP contribution >= 0.6 is 11.3 Å². The molecule has 1 amide bonds. The number of sulfonamides is 1. The second-order valence-electron chi connectivity index (χ2n) is 3.57. The van der Waals surface area contributed by atoms with E-state index in [1.54, 1.807) is 0 Å². The normalized spacial score (nSPS) is 17.6. The molecule has 1 aliphatic heterocycles. The van der Waals surface area contributed by atoms with Crippen molar-refractivity contribution in [1.82, 2.24) is 14.5 Å². The zero-order chi connectivity index (χ0) is 13.2. The quantitative estimate of drug-likeness (QED) is 0.755. The van der Waals surface area contributed by atoms with Gasteiger partial charge in [0.2, 0.25) is 15.4 Å². The van der Waals surface area contributed by atoms with E-state index < -0.39 is 10.0 Å². The van der Waals surface area contributed by atoms with Crippen molar-refractivity contribution in [3.63, 3.8) is 0 Å². The fourth-order valence-electron chi connectivity index (χ4n) is 1.41. The Hall–Kier alpha value is -1.10. The van der Waals surface area contributed by atoms with E-state index in [1.807, 2.05) is 0 Å². The second kappa shape index (κ2) is 5.26. The number of rotatable bonds is 3. The summed E-state index contributed by atoms with van der Waals surface area (Å²) in [5.74, 6) is -0.318. The Kier molecular flexibility index (Phi) is 3.90. The molecule has 100 valence electrons. The molecule has 18 heavy (non-hydrogen) atoms. The van der Waals surface area contributed by atoms with Gasteiger partial charge in [-0.25, -0.2) is 8.42 Å². The molecule has 2 rings (SSSR count). The maximum absolute atomic E-state index is 12.2. The Bertz CT molecular complexity index is 535. The first kappa shape index (κ1) is 13.3. The molecule has 2 heterocycles. The molecule has 0 bridgehead atoms. The molecule has 0 atom stereocenters. The zero-order valence-electron chi connectivity index (χ0n) is 9.62. The molecule has 8 nitrogen and oxygen atoms in total. The van der Waals surface area contributed by atoms with Gasteiger partial charge >= 0.3 is 0 Å². The highest BCUT2D eigenvalue weighted by Gasteiger charge is 2.30. The van der Waals surface area contributed by atoms with Crippen LogP contribution in [-0.2, 0) is 19.6 Å². The predicted molar refractivity (Wildman–Crippen MR) is 63.8 cm³/mol. The summed E-state index contributed by atoms with van der Waals surface area (Å²) in [6.45, 7) is 2.67. The molecule has 1 aromatic rings. The van der Waals surface area contributed by atoms with Crippen LogP contribution in [0.2, 0.25) is 0 Å². The fourth-order valence-corrected chi connectivity index (χ4v) is 3.90. The van der Waals surface area contributed by atoms with Gasteiger partial charge in [0, 0.05) is 20.0 Å². The Morgan fingerprint density at radius 1 is 1.39 bits per heavy atom. The topological polar surface area (TPSA) is 101 Å². The van der Waals surface area contributed by atoms with E-state index in [2.05, 4.69) is 15.5 Å². The van der Waals surface area contributed by atoms with Crippen LogP contribution in [0.3, 0.4) is 0 Å². The van der Waals surface area contributed by atoms with Crippen molar-refractivity contribution >= 4 is 32.4 Å². The highest BCUT2D eigenvalue weighted by atomic mass is 32.2. The third-order valence-electron chi connectivity index (χ3n) is 2.22. The van der Waals surface area contributed by atoms with Crippen LogP contribution in [0.25, 0.3) is 0 Å². The van der Waals surface area contributed by atoms with Gasteiger partial charge in [0.05, 0.1) is 13.2 Å². The molecular weight excluding hydrogens is 280 g/mol. The van der Waals surface area contributed by atoms with Gasteiger partial charge in [-0.15, -0.1) is 10.2 Å². The number of carbonyl (C=O) groups is 1. The minimum atomic E-state index is -3.63. The van der Waals surface area contributed by atoms with E-state index in [4.69, 9.17) is 4.74 Å². The number of morpholine rings is 1. The lowest BCUT2D eigenvalue weighted by Gasteiger charge is -2.24. The monoisotopic (exact) mass is 292 g/mol. The van der Waals surface area contributed by atoms with Crippen LogP contribution in [0, 0.1) is 0 Å². The largest absolute Gasteiger partial charge is 0.379 e. The molecule has 1 saturated heterocycles. The zero-order valence-corrected chi connectivity index (χ0v) is 11.3. The minimum Gasteiger partial charge on any atom is -0.379 e. The first-order valence-corrected chi connectivity index (χ1v) is 7.45.